The molecule has 0 aromatic heterocycles. The van der Waals surface area contributed by atoms with Crippen LogP contribution < -0.4 is 23.4 Å². The van der Waals surface area contributed by atoms with Gasteiger partial charge in [-0.25, -0.2) is 0 Å². The lowest BCUT2D eigenvalue weighted by atomic mass is 9.81. The van der Waals surface area contributed by atoms with Crippen LogP contribution in [0, 0.1) is 6.92 Å². The van der Waals surface area contributed by atoms with Gasteiger partial charge in [-0.05, 0) is 44.3 Å². The van der Waals surface area contributed by atoms with Crippen LogP contribution in [0.25, 0.3) is 0 Å². The molecular formula is C22H26O7Si. The maximum absolute atomic E-state index is 13.7. The third kappa shape index (κ3) is 3.30. The van der Waals surface area contributed by atoms with Crippen LogP contribution in [0.1, 0.15) is 37.4 Å². The van der Waals surface area contributed by atoms with E-state index in [1.807, 2.05) is 26.6 Å². The van der Waals surface area contributed by atoms with Crippen molar-refractivity contribution in [3.63, 3.8) is 0 Å². The molecule has 0 saturated carbocycles. The highest BCUT2D eigenvalue weighted by Crippen LogP contribution is 2.49. The largest absolute Gasteiger partial charge is 0.542 e. The second-order valence-electron chi connectivity index (χ2n) is 7.92. The summed E-state index contributed by atoms with van der Waals surface area (Å²) in [5.41, 5.74) is 1.47. The molecule has 1 aliphatic carbocycles. The van der Waals surface area contributed by atoms with Crippen LogP contribution in [0.15, 0.2) is 12.1 Å². The van der Waals surface area contributed by atoms with Crippen molar-refractivity contribution in [1.82, 2.24) is 0 Å². The summed E-state index contributed by atoms with van der Waals surface area (Å²) in [5.74, 6) is 0.724. The van der Waals surface area contributed by atoms with Crippen LogP contribution in [0.4, 0.5) is 0 Å². The summed E-state index contributed by atoms with van der Waals surface area (Å²) in [4.78, 5) is 27.1. The number of fused-ring (bicyclic) bond motifs is 2. The predicted molar refractivity (Wildman–Crippen MR) is 115 cm³/mol. The topological polar surface area (TPSA) is 80.3 Å². The number of benzene rings is 2. The highest BCUT2D eigenvalue weighted by atomic mass is 28.4. The van der Waals surface area contributed by atoms with Crippen LogP contribution in [-0.4, -0.2) is 48.3 Å². The molecule has 0 spiro atoms. The molecule has 0 heterocycles. The third-order valence-corrected chi connectivity index (χ3v) is 5.62. The van der Waals surface area contributed by atoms with Gasteiger partial charge in [-0.1, -0.05) is 0 Å². The minimum absolute atomic E-state index is 0.119. The van der Waals surface area contributed by atoms with E-state index in [9.17, 15) is 9.59 Å². The molecule has 2 aromatic rings. The van der Waals surface area contributed by atoms with Crippen LogP contribution >= 0.6 is 0 Å². The van der Waals surface area contributed by atoms with Gasteiger partial charge in [-0.3, -0.25) is 9.59 Å². The van der Waals surface area contributed by atoms with Crippen LogP contribution in [-0.2, 0) is 0 Å². The Morgan fingerprint density at radius 2 is 1.17 bits per heavy atom. The number of methoxy groups -OCH3 is 4. The average molecular weight is 431 g/mol. The van der Waals surface area contributed by atoms with Gasteiger partial charge < -0.3 is 23.4 Å². The monoisotopic (exact) mass is 430 g/mol. The first kappa shape index (κ1) is 21.7. The van der Waals surface area contributed by atoms with Crippen molar-refractivity contribution >= 4 is 19.9 Å². The van der Waals surface area contributed by atoms with E-state index in [1.165, 1.54) is 34.5 Å². The van der Waals surface area contributed by atoms with Gasteiger partial charge in [0.15, 0.2) is 23.0 Å². The molecule has 0 saturated heterocycles. The maximum Gasteiger partial charge on any atom is 0.242 e. The number of aryl methyl sites for hydroxylation is 1. The lowest BCUT2D eigenvalue weighted by Crippen LogP contribution is -2.31. The number of rotatable bonds is 6. The van der Waals surface area contributed by atoms with Gasteiger partial charge in [-0.15, -0.1) is 0 Å². The fourth-order valence-electron chi connectivity index (χ4n) is 3.63. The lowest BCUT2D eigenvalue weighted by Gasteiger charge is -2.28. The molecule has 0 atom stereocenters. The zero-order valence-electron chi connectivity index (χ0n) is 18.5. The van der Waals surface area contributed by atoms with E-state index < -0.39 is 14.1 Å². The number of ketones is 2. The zero-order valence-corrected chi connectivity index (χ0v) is 19.5. The summed E-state index contributed by atoms with van der Waals surface area (Å²) in [6, 6.07) is 3.19. The van der Waals surface area contributed by atoms with Gasteiger partial charge in [0.05, 0.1) is 39.6 Å². The van der Waals surface area contributed by atoms with E-state index in [-0.39, 0.29) is 45.3 Å². The summed E-state index contributed by atoms with van der Waals surface area (Å²) >= 11 is 0. The van der Waals surface area contributed by atoms with E-state index in [4.69, 9.17) is 23.4 Å². The standard InChI is InChI=1S/C22H26O7Si/c1-11-9-12-15(21(27-4)19(11)29-30(6,7)8)18(24)16-13(17(12)23)10-14(25-2)20(26-3)22(16)28-5/h9-10H,1-8H3. The predicted octanol–water partition coefficient (Wildman–Crippen LogP) is 4.02. The number of ether oxygens (including phenoxy) is 4. The first-order valence-electron chi connectivity index (χ1n) is 9.42. The van der Waals surface area contributed by atoms with Crippen molar-refractivity contribution in [2.75, 3.05) is 28.4 Å². The molecule has 160 valence electrons. The Hall–Kier alpha value is -3.00. The molecule has 0 bridgehead atoms. The average Bonchev–Trinajstić information content (AvgIpc) is 2.70. The van der Waals surface area contributed by atoms with Crippen molar-refractivity contribution < 1.29 is 33.0 Å². The fraction of sp³-hybridized carbons (Fsp3) is 0.364. The Bertz CT molecular complexity index is 1050. The first-order valence-corrected chi connectivity index (χ1v) is 12.8. The van der Waals surface area contributed by atoms with Crippen molar-refractivity contribution in [2.24, 2.45) is 0 Å². The molecule has 8 heteroatoms. The van der Waals surface area contributed by atoms with E-state index in [1.54, 1.807) is 6.07 Å². The Morgan fingerprint density at radius 1 is 0.667 bits per heavy atom. The molecule has 7 nitrogen and oxygen atoms in total. The summed E-state index contributed by atoms with van der Waals surface area (Å²) in [6.45, 7) is 7.94. The van der Waals surface area contributed by atoms with Gasteiger partial charge in [0.1, 0.15) is 5.75 Å². The smallest absolute Gasteiger partial charge is 0.242 e. The van der Waals surface area contributed by atoms with Gasteiger partial charge in [0.2, 0.25) is 19.9 Å². The maximum atomic E-state index is 13.7. The second kappa shape index (κ2) is 7.68. The molecular weight excluding hydrogens is 404 g/mol. The molecule has 2 aromatic carbocycles. The van der Waals surface area contributed by atoms with Crippen molar-refractivity contribution in [2.45, 2.75) is 26.6 Å². The molecule has 0 radical (unpaired) electrons. The van der Waals surface area contributed by atoms with E-state index in [2.05, 4.69) is 0 Å². The molecule has 0 amide bonds. The van der Waals surface area contributed by atoms with E-state index in [0.717, 1.165) is 5.56 Å². The quantitative estimate of drug-likeness (QED) is 0.547. The minimum Gasteiger partial charge on any atom is -0.542 e. The highest BCUT2D eigenvalue weighted by molar-refractivity contribution is 6.70. The Morgan fingerprint density at radius 3 is 1.63 bits per heavy atom. The molecule has 0 aliphatic heterocycles. The molecule has 1 aliphatic rings. The summed E-state index contributed by atoms with van der Waals surface area (Å²) in [7, 11) is 3.76. The molecule has 0 N–H and O–H groups in total. The van der Waals surface area contributed by atoms with E-state index >= 15 is 0 Å². The molecule has 0 unspecified atom stereocenters. The Kier molecular flexibility index (Phi) is 5.55. The van der Waals surface area contributed by atoms with Crippen molar-refractivity contribution in [1.29, 1.82) is 0 Å². The number of hydrogen-bond donors (Lipinski definition) is 0. The third-order valence-electron chi connectivity index (χ3n) is 4.81. The highest BCUT2D eigenvalue weighted by Gasteiger charge is 2.39. The number of carbonyl (C=O) groups excluding carboxylic acids is 2. The summed E-state index contributed by atoms with van der Waals surface area (Å²) in [5, 5.41) is 0. The van der Waals surface area contributed by atoms with Crippen molar-refractivity contribution in [3.8, 4) is 28.7 Å². The van der Waals surface area contributed by atoms with Gasteiger partial charge in [0.25, 0.3) is 0 Å². The van der Waals surface area contributed by atoms with E-state index in [0.29, 0.717) is 11.5 Å². The SMILES string of the molecule is COc1cc2c(c(OC)c1OC)C(=O)c1c(cc(C)c(O[Si](C)(C)C)c1OC)C2=O. The molecule has 30 heavy (non-hydrogen) atoms. The second-order valence-corrected chi connectivity index (χ2v) is 12.3. The van der Waals surface area contributed by atoms with Crippen LogP contribution in [0.2, 0.25) is 19.6 Å². The lowest BCUT2D eigenvalue weighted by molar-refractivity contribution is 0.0972. The first-order chi connectivity index (χ1) is 14.1. The van der Waals surface area contributed by atoms with Gasteiger partial charge >= 0.3 is 0 Å². The van der Waals surface area contributed by atoms with Gasteiger partial charge in [0, 0.05) is 11.1 Å². The van der Waals surface area contributed by atoms with Crippen molar-refractivity contribution in [3.05, 3.63) is 39.9 Å². The zero-order chi connectivity index (χ0) is 22.4. The number of hydrogen-bond acceptors (Lipinski definition) is 7. The summed E-state index contributed by atoms with van der Waals surface area (Å²) < 4.78 is 28.0. The Balaban J connectivity index is 2.37. The molecule has 0 fully saturated rings. The minimum atomic E-state index is -2.02. The Labute approximate surface area is 177 Å². The fourth-order valence-corrected chi connectivity index (χ4v) is 4.50. The normalized spacial score (nSPS) is 12.8. The van der Waals surface area contributed by atoms with Crippen LogP contribution in [0.3, 0.4) is 0 Å². The molecule has 3 rings (SSSR count). The van der Waals surface area contributed by atoms with Crippen LogP contribution in [0.5, 0.6) is 28.7 Å². The van der Waals surface area contributed by atoms with Gasteiger partial charge in [-0.2, -0.15) is 0 Å². The number of carbonyl (C=O) groups is 2. The summed E-state index contributed by atoms with van der Waals surface area (Å²) in [6.07, 6.45) is 0.